The summed E-state index contributed by atoms with van der Waals surface area (Å²) >= 11 is 0. The molecule has 1 rings (SSSR count). The van der Waals surface area contributed by atoms with Crippen LogP contribution in [0.3, 0.4) is 0 Å². The summed E-state index contributed by atoms with van der Waals surface area (Å²) in [6.45, 7) is 3.34. The Morgan fingerprint density at radius 1 is 1.20 bits per heavy atom. The number of ether oxygens (including phenoxy) is 1. The quantitative estimate of drug-likeness (QED) is 0.771. The fourth-order valence-corrected chi connectivity index (χ4v) is 1.56. The Morgan fingerprint density at radius 3 is 2.30 bits per heavy atom. The molecule has 108 valence electrons. The van der Waals surface area contributed by atoms with E-state index >= 15 is 0 Å². The Kier molecular flexibility index (Phi) is 5.71. The number of amides is 1. The maximum absolute atomic E-state index is 11.6. The van der Waals surface area contributed by atoms with Crippen LogP contribution >= 0.6 is 0 Å². The van der Waals surface area contributed by atoms with Gasteiger partial charge in [-0.25, -0.2) is 9.59 Å². The molecule has 0 saturated carbocycles. The monoisotopic (exact) mass is 279 g/mol. The Balaban J connectivity index is 2.55. The Bertz CT molecular complexity index is 484. The summed E-state index contributed by atoms with van der Waals surface area (Å²) < 4.78 is 4.94. The third kappa shape index (κ3) is 4.72. The number of nitrogens with one attached hydrogen (secondary N) is 1. The van der Waals surface area contributed by atoms with Crippen molar-refractivity contribution < 1.29 is 24.2 Å². The van der Waals surface area contributed by atoms with Gasteiger partial charge in [-0.1, -0.05) is 44.2 Å². The van der Waals surface area contributed by atoms with Gasteiger partial charge in [0.05, 0.1) is 0 Å². The average Bonchev–Trinajstić information content (AvgIpc) is 2.42. The van der Waals surface area contributed by atoms with Crippen molar-refractivity contribution in [1.82, 2.24) is 5.32 Å². The van der Waals surface area contributed by atoms with Gasteiger partial charge in [-0.05, 0) is 11.5 Å². The predicted molar refractivity (Wildman–Crippen MR) is 71.0 cm³/mol. The second-order valence-corrected chi connectivity index (χ2v) is 4.60. The molecule has 0 bridgehead atoms. The summed E-state index contributed by atoms with van der Waals surface area (Å²) in [6.07, 6.45) is -0.817. The van der Waals surface area contributed by atoms with Gasteiger partial charge in [0, 0.05) is 0 Å². The minimum atomic E-state index is -1.58. The van der Waals surface area contributed by atoms with Crippen molar-refractivity contribution in [3.05, 3.63) is 35.9 Å². The zero-order valence-corrected chi connectivity index (χ0v) is 11.3. The van der Waals surface area contributed by atoms with Gasteiger partial charge in [-0.15, -0.1) is 0 Å². The number of carboxylic acids is 1. The number of hydrogen-bond donors (Lipinski definition) is 2. The van der Waals surface area contributed by atoms with Crippen LogP contribution in [0.1, 0.15) is 19.4 Å². The highest BCUT2D eigenvalue weighted by Crippen LogP contribution is 2.05. The molecule has 0 unspecified atom stereocenters. The topological polar surface area (TPSA) is 92.7 Å². The molecule has 0 aromatic heterocycles. The van der Waals surface area contributed by atoms with Gasteiger partial charge in [-0.3, -0.25) is 4.79 Å². The molecule has 0 spiro atoms. The standard InChI is InChI=1S/C14H17NO5/c1-9(2)11(12(16)13(17)18)15-14(19)20-8-10-6-4-3-5-7-10/h3-7,9,11H,8H2,1-2H3,(H,15,19)(H,17,18)/t11-/m0/s1. The minimum absolute atomic E-state index is 0.0543. The smallest absolute Gasteiger partial charge is 0.408 e. The first kappa shape index (κ1) is 15.7. The van der Waals surface area contributed by atoms with Gasteiger partial charge in [0.25, 0.3) is 5.78 Å². The molecule has 0 aliphatic rings. The summed E-state index contributed by atoms with van der Waals surface area (Å²) in [5.74, 6) is -2.98. The Labute approximate surface area is 116 Å². The molecule has 0 fully saturated rings. The van der Waals surface area contributed by atoms with E-state index in [1.807, 2.05) is 18.2 Å². The third-order valence-electron chi connectivity index (χ3n) is 2.65. The van der Waals surface area contributed by atoms with Gasteiger partial charge < -0.3 is 15.2 Å². The lowest BCUT2D eigenvalue weighted by molar-refractivity contribution is -0.150. The van der Waals surface area contributed by atoms with Crippen LogP contribution < -0.4 is 5.32 Å². The molecule has 6 heteroatoms. The number of alkyl carbamates (subject to hydrolysis) is 1. The van der Waals surface area contributed by atoms with Crippen molar-refractivity contribution in [3.63, 3.8) is 0 Å². The molecule has 0 aliphatic heterocycles. The van der Waals surface area contributed by atoms with E-state index in [9.17, 15) is 14.4 Å². The number of carbonyl (C=O) groups is 3. The van der Waals surface area contributed by atoms with E-state index in [-0.39, 0.29) is 12.5 Å². The maximum atomic E-state index is 11.6. The summed E-state index contributed by atoms with van der Waals surface area (Å²) in [6, 6.07) is 7.92. The van der Waals surface area contributed by atoms with Crippen LogP contribution in [-0.2, 0) is 20.9 Å². The second-order valence-electron chi connectivity index (χ2n) is 4.60. The largest absolute Gasteiger partial charge is 0.475 e. The molecule has 1 atom stereocenters. The van der Waals surface area contributed by atoms with E-state index in [0.29, 0.717) is 0 Å². The normalized spacial score (nSPS) is 11.8. The van der Waals surface area contributed by atoms with Gasteiger partial charge in [0.2, 0.25) is 0 Å². The first-order chi connectivity index (χ1) is 9.41. The van der Waals surface area contributed by atoms with Gasteiger partial charge >= 0.3 is 12.1 Å². The highest BCUT2D eigenvalue weighted by molar-refractivity contribution is 6.35. The molecule has 0 heterocycles. The molecular formula is C14H17NO5. The lowest BCUT2D eigenvalue weighted by Gasteiger charge is -2.18. The minimum Gasteiger partial charge on any atom is -0.475 e. The number of hydrogen-bond acceptors (Lipinski definition) is 4. The molecule has 2 N–H and O–H groups in total. The van der Waals surface area contributed by atoms with Crippen LogP contribution in [0.5, 0.6) is 0 Å². The fraction of sp³-hybridized carbons (Fsp3) is 0.357. The summed E-state index contributed by atoms with van der Waals surface area (Å²) in [5, 5.41) is 11.0. The molecule has 1 aromatic rings. The summed E-state index contributed by atoms with van der Waals surface area (Å²) in [7, 11) is 0. The second kappa shape index (κ2) is 7.28. The van der Waals surface area contributed by atoms with Crippen molar-refractivity contribution in [2.24, 2.45) is 5.92 Å². The molecule has 0 radical (unpaired) electrons. The number of carbonyl (C=O) groups excluding carboxylic acids is 2. The van der Waals surface area contributed by atoms with Crippen LogP contribution in [0, 0.1) is 5.92 Å². The van der Waals surface area contributed by atoms with E-state index in [4.69, 9.17) is 9.84 Å². The molecule has 20 heavy (non-hydrogen) atoms. The van der Waals surface area contributed by atoms with Crippen LogP contribution in [0.15, 0.2) is 30.3 Å². The van der Waals surface area contributed by atoms with Crippen molar-refractivity contribution in [2.45, 2.75) is 26.5 Å². The lowest BCUT2D eigenvalue weighted by Crippen LogP contribution is -2.47. The molecule has 6 nitrogen and oxygen atoms in total. The summed E-state index contributed by atoms with van der Waals surface area (Å²) in [5.41, 5.74) is 0.799. The molecule has 1 amide bonds. The van der Waals surface area contributed by atoms with Crippen molar-refractivity contribution in [2.75, 3.05) is 0 Å². The highest BCUT2D eigenvalue weighted by Gasteiger charge is 2.29. The highest BCUT2D eigenvalue weighted by atomic mass is 16.5. The van der Waals surface area contributed by atoms with Crippen molar-refractivity contribution in [3.8, 4) is 0 Å². The fourth-order valence-electron chi connectivity index (χ4n) is 1.56. The number of Topliss-reactive ketones (excluding diaryl/α,β-unsaturated/α-hetero) is 1. The van der Waals surface area contributed by atoms with Gasteiger partial charge in [0.15, 0.2) is 0 Å². The van der Waals surface area contributed by atoms with E-state index in [0.717, 1.165) is 5.56 Å². The first-order valence-corrected chi connectivity index (χ1v) is 6.16. The predicted octanol–water partition coefficient (Wildman–Crippen LogP) is 1.59. The molecule has 0 aliphatic carbocycles. The van der Waals surface area contributed by atoms with Crippen molar-refractivity contribution >= 4 is 17.8 Å². The first-order valence-electron chi connectivity index (χ1n) is 6.16. The Hall–Kier alpha value is -2.37. The van der Waals surface area contributed by atoms with E-state index in [1.165, 1.54) is 0 Å². The van der Waals surface area contributed by atoms with Gasteiger partial charge in [0.1, 0.15) is 12.6 Å². The number of benzene rings is 1. The van der Waals surface area contributed by atoms with Crippen LogP contribution in [0.2, 0.25) is 0 Å². The molecule has 0 saturated heterocycles. The third-order valence-corrected chi connectivity index (χ3v) is 2.65. The van der Waals surface area contributed by atoms with Crippen LogP contribution in [-0.4, -0.2) is 29.0 Å². The number of aliphatic carboxylic acids is 1. The number of ketones is 1. The molecular weight excluding hydrogens is 262 g/mol. The van der Waals surface area contributed by atoms with Gasteiger partial charge in [-0.2, -0.15) is 0 Å². The SMILES string of the molecule is CC(C)[C@H](NC(=O)OCc1ccccc1)C(=O)C(=O)O. The molecule has 1 aromatic carbocycles. The van der Waals surface area contributed by atoms with E-state index in [1.54, 1.807) is 26.0 Å². The average molecular weight is 279 g/mol. The Morgan fingerprint density at radius 2 is 1.80 bits per heavy atom. The van der Waals surface area contributed by atoms with Crippen LogP contribution in [0.4, 0.5) is 4.79 Å². The zero-order chi connectivity index (χ0) is 15.1. The zero-order valence-electron chi connectivity index (χ0n) is 11.3. The number of rotatable bonds is 6. The van der Waals surface area contributed by atoms with E-state index < -0.39 is 23.9 Å². The van der Waals surface area contributed by atoms with Crippen LogP contribution in [0.25, 0.3) is 0 Å². The number of carboxylic acid groups (broad SMARTS) is 1. The maximum Gasteiger partial charge on any atom is 0.408 e. The van der Waals surface area contributed by atoms with E-state index in [2.05, 4.69) is 5.32 Å². The van der Waals surface area contributed by atoms with Crippen molar-refractivity contribution in [1.29, 1.82) is 0 Å². The summed E-state index contributed by atoms with van der Waals surface area (Å²) in [4.78, 5) is 33.7. The lowest BCUT2D eigenvalue weighted by atomic mass is 10.0.